The van der Waals surface area contributed by atoms with Crippen LogP contribution in [0.3, 0.4) is 0 Å². The van der Waals surface area contributed by atoms with Crippen LogP contribution in [0.5, 0.6) is 11.6 Å². The van der Waals surface area contributed by atoms with Crippen LogP contribution in [-0.4, -0.2) is 58.5 Å². The molecule has 1 N–H and O–H groups in total. The van der Waals surface area contributed by atoms with Gasteiger partial charge in [0.25, 0.3) is 5.91 Å². The van der Waals surface area contributed by atoms with E-state index in [0.717, 1.165) is 48.3 Å². The van der Waals surface area contributed by atoms with E-state index < -0.39 is 5.60 Å². The monoisotopic (exact) mass is 545 g/mol. The van der Waals surface area contributed by atoms with E-state index >= 15 is 0 Å². The molecule has 39 heavy (non-hydrogen) atoms. The fraction of sp³-hybridized carbons (Fsp3) is 0.375. The number of pyridine rings is 1. The Bertz CT molecular complexity index is 1340. The van der Waals surface area contributed by atoms with Crippen LogP contribution in [0.4, 0.5) is 0 Å². The number of carbonyl (C=O) groups excluding carboxylic acids is 1. The lowest BCUT2D eigenvalue weighted by molar-refractivity contribution is -0.0254. The molecular formula is C32H36ClN3O3. The van der Waals surface area contributed by atoms with E-state index in [1.165, 1.54) is 0 Å². The molecule has 1 amide bonds. The van der Waals surface area contributed by atoms with Gasteiger partial charge in [-0.2, -0.15) is 0 Å². The summed E-state index contributed by atoms with van der Waals surface area (Å²) in [5.74, 6) is 1.29. The van der Waals surface area contributed by atoms with Crippen molar-refractivity contribution in [3.8, 4) is 11.6 Å². The van der Waals surface area contributed by atoms with Crippen LogP contribution in [-0.2, 0) is 12.0 Å². The maximum absolute atomic E-state index is 13.4. The summed E-state index contributed by atoms with van der Waals surface area (Å²) in [6.07, 6.45) is 6.84. The van der Waals surface area contributed by atoms with Gasteiger partial charge >= 0.3 is 0 Å². The van der Waals surface area contributed by atoms with Crippen molar-refractivity contribution >= 4 is 23.1 Å². The molecule has 3 heterocycles. The number of likely N-dealkylation sites (tertiary alicyclic amines) is 1. The number of halogens is 1. The Balaban J connectivity index is 1.33. The van der Waals surface area contributed by atoms with Gasteiger partial charge in [-0.3, -0.25) is 4.79 Å². The van der Waals surface area contributed by atoms with Crippen molar-refractivity contribution in [3.05, 3.63) is 94.1 Å². The van der Waals surface area contributed by atoms with E-state index in [4.69, 9.17) is 16.3 Å². The molecule has 1 fully saturated rings. The minimum atomic E-state index is -0.805. The fourth-order valence-electron chi connectivity index (χ4n) is 5.63. The molecule has 0 aliphatic carbocycles. The lowest BCUT2D eigenvalue weighted by Gasteiger charge is -2.38. The predicted octanol–water partition coefficient (Wildman–Crippen LogP) is 6.32. The van der Waals surface area contributed by atoms with Crippen LogP contribution in [0, 0.1) is 0 Å². The molecule has 5 rings (SSSR count). The number of nitrogens with zero attached hydrogens (tertiary/aromatic N) is 3. The summed E-state index contributed by atoms with van der Waals surface area (Å²) in [6.45, 7) is 7.87. The largest absolute Gasteiger partial charge is 0.438 e. The average Bonchev–Trinajstić information content (AvgIpc) is 3.11. The number of aliphatic hydroxyl groups is 1. The van der Waals surface area contributed by atoms with E-state index in [2.05, 4.69) is 16.0 Å². The van der Waals surface area contributed by atoms with Gasteiger partial charge in [-0.1, -0.05) is 35.9 Å². The third-order valence-corrected chi connectivity index (χ3v) is 8.26. The Hall–Kier alpha value is -3.19. The molecule has 0 bridgehead atoms. The first-order valence-corrected chi connectivity index (χ1v) is 14.2. The number of benzene rings is 2. The molecule has 1 aromatic heterocycles. The molecule has 0 radical (unpaired) electrons. The number of aromatic nitrogens is 1. The fourth-order valence-corrected chi connectivity index (χ4v) is 5.76. The quantitative estimate of drug-likeness (QED) is 0.376. The van der Waals surface area contributed by atoms with Gasteiger partial charge in [0, 0.05) is 67.1 Å². The van der Waals surface area contributed by atoms with E-state index in [-0.39, 0.29) is 5.91 Å². The van der Waals surface area contributed by atoms with Crippen LogP contribution in [0.25, 0.3) is 5.57 Å². The van der Waals surface area contributed by atoms with Gasteiger partial charge in [0.05, 0.1) is 5.60 Å². The molecule has 2 aromatic carbocycles. The first-order chi connectivity index (χ1) is 18.9. The van der Waals surface area contributed by atoms with Crippen molar-refractivity contribution in [3.63, 3.8) is 0 Å². The highest BCUT2D eigenvalue weighted by molar-refractivity contribution is 6.30. The Morgan fingerprint density at radius 2 is 1.85 bits per heavy atom. The highest BCUT2D eigenvalue weighted by atomic mass is 35.5. The van der Waals surface area contributed by atoms with Crippen molar-refractivity contribution in [2.24, 2.45) is 0 Å². The zero-order valence-corrected chi connectivity index (χ0v) is 23.5. The number of piperidine rings is 1. The van der Waals surface area contributed by atoms with Crippen LogP contribution < -0.4 is 4.74 Å². The molecule has 3 aromatic rings. The highest BCUT2D eigenvalue weighted by Gasteiger charge is 2.33. The number of ether oxygens (including phenoxy) is 1. The first kappa shape index (κ1) is 27.4. The number of carbonyl (C=O) groups is 1. The summed E-state index contributed by atoms with van der Waals surface area (Å²) in [7, 11) is 0. The van der Waals surface area contributed by atoms with E-state index in [0.29, 0.717) is 54.6 Å². The topological polar surface area (TPSA) is 65.9 Å². The van der Waals surface area contributed by atoms with Gasteiger partial charge in [-0.15, -0.1) is 0 Å². The summed E-state index contributed by atoms with van der Waals surface area (Å²) in [5, 5.41) is 11.9. The van der Waals surface area contributed by atoms with Crippen molar-refractivity contribution in [2.75, 3.05) is 32.7 Å². The van der Waals surface area contributed by atoms with Crippen LogP contribution in [0.2, 0.25) is 5.02 Å². The molecule has 6 nitrogen and oxygen atoms in total. The molecule has 1 saturated heterocycles. The summed E-state index contributed by atoms with van der Waals surface area (Å²) < 4.78 is 6.27. The molecule has 0 unspecified atom stereocenters. The van der Waals surface area contributed by atoms with Crippen molar-refractivity contribution in [2.45, 2.75) is 45.1 Å². The molecule has 2 aliphatic heterocycles. The number of rotatable bonds is 7. The van der Waals surface area contributed by atoms with E-state index in [1.54, 1.807) is 6.20 Å². The Kier molecular flexibility index (Phi) is 8.36. The molecule has 7 heteroatoms. The van der Waals surface area contributed by atoms with Crippen molar-refractivity contribution in [1.82, 2.24) is 14.8 Å². The van der Waals surface area contributed by atoms with Crippen LogP contribution in [0.15, 0.2) is 66.9 Å². The summed E-state index contributed by atoms with van der Waals surface area (Å²) >= 11 is 6.04. The second-order valence-corrected chi connectivity index (χ2v) is 10.7. The normalized spacial score (nSPS) is 17.6. The van der Waals surface area contributed by atoms with Crippen molar-refractivity contribution < 1.29 is 14.6 Å². The number of hydrogen-bond acceptors (Lipinski definition) is 5. The minimum Gasteiger partial charge on any atom is -0.438 e. The standard InChI is InChI=1S/C32H36ClN3O3/c1-3-36(4-2)31(37)27-9-5-11-29-28(27)22-23(26-10-6-18-34-30(26)39-29)8-7-19-35-20-16-32(38,17-21-35)24-12-14-25(33)15-13-24/h5-6,8-15,18,38H,3-4,7,16-17,19-22H2,1-2H3/b23-8-. The van der Waals surface area contributed by atoms with Crippen LogP contribution >= 0.6 is 11.6 Å². The Labute approximate surface area is 235 Å². The minimum absolute atomic E-state index is 0.0280. The number of amides is 1. The predicted molar refractivity (Wildman–Crippen MR) is 155 cm³/mol. The Morgan fingerprint density at radius 3 is 2.56 bits per heavy atom. The third kappa shape index (κ3) is 5.88. The van der Waals surface area contributed by atoms with Crippen LogP contribution in [0.1, 0.15) is 60.2 Å². The second-order valence-electron chi connectivity index (χ2n) is 10.3. The maximum Gasteiger partial charge on any atom is 0.254 e. The highest BCUT2D eigenvalue weighted by Crippen LogP contribution is 2.40. The zero-order valence-electron chi connectivity index (χ0n) is 22.7. The first-order valence-electron chi connectivity index (χ1n) is 13.9. The second kappa shape index (κ2) is 11.9. The van der Waals surface area contributed by atoms with Crippen molar-refractivity contribution in [1.29, 1.82) is 0 Å². The smallest absolute Gasteiger partial charge is 0.254 e. The van der Waals surface area contributed by atoms with Gasteiger partial charge in [-0.05, 0) is 80.6 Å². The molecule has 0 spiro atoms. The van der Waals surface area contributed by atoms with Gasteiger partial charge < -0.3 is 19.6 Å². The molecule has 204 valence electrons. The SMILES string of the molecule is CCN(CC)C(=O)c1cccc2c1C/C(=C/CCN1CCC(O)(c3ccc(Cl)cc3)CC1)c1cccnc1O2. The zero-order chi connectivity index (χ0) is 27.4. The summed E-state index contributed by atoms with van der Waals surface area (Å²) in [4.78, 5) is 22.1. The van der Waals surface area contributed by atoms with Gasteiger partial charge in [0.1, 0.15) is 5.75 Å². The number of fused-ring (bicyclic) bond motifs is 2. The van der Waals surface area contributed by atoms with E-state index in [9.17, 15) is 9.90 Å². The molecule has 0 saturated carbocycles. The molecule has 2 aliphatic rings. The number of hydrogen-bond donors (Lipinski definition) is 1. The number of allylic oxidation sites excluding steroid dienone is 1. The van der Waals surface area contributed by atoms with Gasteiger partial charge in [0.15, 0.2) is 0 Å². The third-order valence-electron chi connectivity index (χ3n) is 8.01. The summed E-state index contributed by atoms with van der Waals surface area (Å²) in [5.41, 5.74) is 3.80. The van der Waals surface area contributed by atoms with Gasteiger partial charge in [0.2, 0.25) is 5.88 Å². The summed E-state index contributed by atoms with van der Waals surface area (Å²) in [6, 6.07) is 17.2. The maximum atomic E-state index is 13.4. The lowest BCUT2D eigenvalue weighted by Crippen LogP contribution is -2.42. The Morgan fingerprint density at radius 1 is 1.10 bits per heavy atom. The molecular weight excluding hydrogens is 510 g/mol. The van der Waals surface area contributed by atoms with Gasteiger partial charge in [-0.25, -0.2) is 4.98 Å². The molecule has 0 atom stereocenters. The lowest BCUT2D eigenvalue weighted by atomic mass is 9.84. The average molecular weight is 546 g/mol. The van der Waals surface area contributed by atoms with E-state index in [1.807, 2.05) is 73.3 Å².